The van der Waals surface area contributed by atoms with Gasteiger partial charge in [-0.25, -0.2) is 0 Å². The normalized spacial score (nSPS) is 12.1. The summed E-state index contributed by atoms with van der Waals surface area (Å²) in [5.74, 6) is 0.880. The molecular weight excluding hydrogens is 281 g/mol. The van der Waals surface area contributed by atoms with E-state index in [1.54, 1.807) is 0 Å². The van der Waals surface area contributed by atoms with Gasteiger partial charge in [-0.1, -0.05) is 49.2 Å². The molecule has 0 radical (unpaired) electrons. The molecule has 0 heterocycles. The highest BCUT2D eigenvalue weighted by Gasteiger charge is 2.07. The monoisotopic (exact) mass is 301 g/mol. The van der Waals surface area contributed by atoms with Crippen molar-refractivity contribution in [1.82, 2.24) is 5.32 Å². The molecule has 106 valence electrons. The summed E-state index contributed by atoms with van der Waals surface area (Å²) in [6, 6.07) is 4.75. The van der Waals surface area contributed by atoms with E-state index in [1.165, 1.54) is 11.1 Å². The van der Waals surface area contributed by atoms with Gasteiger partial charge >= 0.3 is 0 Å². The molecule has 1 aromatic rings. The lowest BCUT2D eigenvalue weighted by atomic mass is 10.1. The van der Waals surface area contributed by atoms with Crippen molar-refractivity contribution in [2.24, 2.45) is 0 Å². The Bertz CT molecular complexity index is 432. The first kappa shape index (κ1) is 16.4. The Hall–Kier alpha value is -0.700. The van der Waals surface area contributed by atoms with Crippen molar-refractivity contribution in [3.63, 3.8) is 0 Å². The third-order valence-electron chi connectivity index (χ3n) is 2.71. The average molecular weight is 302 g/mol. The van der Waals surface area contributed by atoms with Gasteiger partial charge in [0.1, 0.15) is 12.4 Å². The number of rotatable bonds is 6. The molecule has 0 aliphatic heterocycles. The van der Waals surface area contributed by atoms with Gasteiger partial charge in [0, 0.05) is 18.1 Å². The molecule has 1 aromatic carbocycles. The van der Waals surface area contributed by atoms with Crippen LogP contribution in [0.1, 0.15) is 30.5 Å². The largest absolute Gasteiger partial charge is 0.487 e. The summed E-state index contributed by atoms with van der Waals surface area (Å²) >= 11 is 11.3. The summed E-state index contributed by atoms with van der Waals surface area (Å²) in [5, 5.41) is 3.90. The SMILES string of the molecule is Cc1cc(CNC(C)C)cc(C)c1OCC(Cl)=CCl. The summed E-state index contributed by atoms with van der Waals surface area (Å²) in [6.07, 6.45) is 0. The van der Waals surface area contributed by atoms with Gasteiger partial charge in [-0.15, -0.1) is 0 Å². The van der Waals surface area contributed by atoms with E-state index in [0.29, 0.717) is 17.7 Å². The Labute approximate surface area is 125 Å². The number of aryl methyl sites for hydroxylation is 2. The molecule has 0 bridgehead atoms. The van der Waals surface area contributed by atoms with E-state index in [9.17, 15) is 0 Å². The third kappa shape index (κ3) is 5.43. The molecule has 1 rings (SSSR count). The Morgan fingerprint density at radius 3 is 2.37 bits per heavy atom. The zero-order chi connectivity index (χ0) is 14.4. The topological polar surface area (TPSA) is 21.3 Å². The standard InChI is InChI=1S/C15H21Cl2NO/c1-10(2)18-8-13-5-11(3)15(12(4)6-13)19-9-14(17)7-16/h5-7,10,18H,8-9H2,1-4H3. The number of nitrogens with one attached hydrogen (secondary N) is 1. The quantitative estimate of drug-likeness (QED) is 0.835. The lowest BCUT2D eigenvalue weighted by Crippen LogP contribution is -2.21. The predicted molar refractivity (Wildman–Crippen MR) is 83.2 cm³/mol. The molecular formula is C15H21Cl2NO. The summed E-state index contributed by atoms with van der Waals surface area (Å²) in [7, 11) is 0. The number of benzene rings is 1. The number of hydrogen-bond donors (Lipinski definition) is 1. The molecule has 1 N–H and O–H groups in total. The van der Waals surface area contributed by atoms with Crippen LogP contribution in [0, 0.1) is 13.8 Å². The van der Waals surface area contributed by atoms with Gasteiger partial charge in [-0.3, -0.25) is 0 Å². The van der Waals surface area contributed by atoms with E-state index in [2.05, 4.69) is 31.3 Å². The summed E-state index contributed by atoms with van der Waals surface area (Å²) < 4.78 is 5.70. The van der Waals surface area contributed by atoms with Gasteiger partial charge in [0.05, 0.1) is 5.03 Å². The minimum Gasteiger partial charge on any atom is -0.487 e. The van der Waals surface area contributed by atoms with Crippen LogP contribution in [0.5, 0.6) is 5.75 Å². The fraction of sp³-hybridized carbons (Fsp3) is 0.467. The fourth-order valence-electron chi connectivity index (χ4n) is 1.86. The zero-order valence-corrected chi connectivity index (χ0v) is 13.4. The first-order chi connectivity index (χ1) is 8.93. The molecule has 0 aliphatic carbocycles. The van der Waals surface area contributed by atoms with Crippen LogP contribution >= 0.6 is 23.2 Å². The maximum absolute atomic E-state index is 5.83. The highest BCUT2D eigenvalue weighted by atomic mass is 35.5. The van der Waals surface area contributed by atoms with Crippen LogP contribution in [0.25, 0.3) is 0 Å². The molecule has 0 unspecified atom stereocenters. The molecule has 0 aromatic heterocycles. The van der Waals surface area contributed by atoms with E-state index >= 15 is 0 Å². The van der Waals surface area contributed by atoms with Crippen LogP contribution in [-0.4, -0.2) is 12.6 Å². The van der Waals surface area contributed by atoms with Crippen molar-refractivity contribution in [2.45, 2.75) is 40.3 Å². The van der Waals surface area contributed by atoms with Gasteiger partial charge < -0.3 is 10.1 Å². The fourth-order valence-corrected chi connectivity index (χ4v) is 1.98. The smallest absolute Gasteiger partial charge is 0.125 e. The molecule has 0 saturated heterocycles. The van der Waals surface area contributed by atoms with Crippen molar-refractivity contribution in [2.75, 3.05) is 6.61 Å². The molecule has 4 heteroatoms. The van der Waals surface area contributed by atoms with E-state index in [4.69, 9.17) is 27.9 Å². The molecule has 0 atom stereocenters. The Balaban J connectivity index is 2.79. The maximum atomic E-state index is 5.83. The van der Waals surface area contributed by atoms with E-state index in [1.807, 2.05) is 13.8 Å². The van der Waals surface area contributed by atoms with Crippen molar-refractivity contribution >= 4 is 23.2 Å². The summed E-state index contributed by atoms with van der Waals surface area (Å²) in [6.45, 7) is 9.52. The Kier molecular flexibility index (Phi) is 6.70. The van der Waals surface area contributed by atoms with Crippen LogP contribution in [0.15, 0.2) is 22.7 Å². The minimum atomic E-state index is 0.302. The number of hydrogen-bond acceptors (Lipinski definition) is 2. The molecule has 19 heavy (non-hydrogen) atoms. The summed E-state index contributed by atoms with van der Waals surface area (Å²) in [5.41, 5.74) is 4.81. The van der Waals surface area contributed by atoms with E-state index in [-0.39, 0.29) is 0 Å². The lowest BCUT2D eigenvalue weighted by molar-refractivity contribution is 0.354. The Morgan fingerprint density at radius 1 is 1.32 bits per heavy atom. The number of ether oxygens (including phenoxy) is 1. The van der Waals surface area contributed by atoms with Crippen molar-refractivity contribution in [3.05, 3.63) is 39.4 Å². The molecule has 0 fully saturated rings. The highest BCUT2D eigenvalue weighted by molar-refractivity contribution is 6.36. The van der Waals surface area contributed by atoms with Gasteiger partial charge in [0.15, 0.2) is 0 Å². The van der Waals surface area contributed by atoms with Gasteiger partial charge in [-0.05, 0) is 30.5 Å². The second-order valence-corrected chi connectivity index (χ2v) is 5.64. The van der Waals surface area contributed by atoms with E-state index < -0.39 is 0 Å². The minimum absolute atomic E-state index is 0.302. The van der Waals surface area contributed by atoms with Gasteiger partial charge in [0.2, 0.25) is 0 Å². The van der Waals surface area contributed by atoms with Gasteiger partial charge in [-0.2, -0.15) is 0 Å². The molecule has 0 saturated carbocycles. The second-order valence-electron chi connectivity index (χ2n) is 4.94. The zero-order valence-electron chi connectivity index (χ0n) is 11.9. The van der Waals surface area contributed by atoms with Crippen molar-refractivity contribution < 1.29 is 4.74 Å². The van der Waals surface area contributed by atoms with Crippen molar-refractivity contribution in [3.8, 4) is 5.75 Å². The first-order valence-electron chi connectivity index (χ1n) is 6.35. The molecule has 0 aliphatic rings. The van der Waals surface area contributed by atoms with Crippen molar-refractivity contribution in [1.29, 1.82) is 0 Å². The maximum Gasteiger partial charge on any atom is 0.125 e. The summed E-state index contributed by atoms with van der Waals surface area (Å²) in [4.78, 5) is 0. The van der Waals surface area contributed by atoms with Crippen LogP contribution in [-0.2, 0) is 6.54 Å². The van der Waals surface area contributed by atoms with E-state index in [0.717, 1.165) is 23.4 Å². The lowest BCUT2D eigenvalue weighted by Gasteiger charge is -2.15. The predicted octanol–water partition coefficient (Wildman–Crippen LogP) is 4.50. The average Bonchev–Trinajstić information content (AvgIpc) is 2.34. The first-order valence-corrected chi connectivity index (χ1v) is 7.16. The van der Waals surface area contributed by atoms with Gasteiger partial charge in [0.25, 0.3) is 0 Å². The van der Waals surface area contributed by atoms with Crippen LogP contribution in [0.2, 0.25) is 0 Å². The number of halogens is 2. The Morgan fingerprint density at radius 2 is 1.89 bits per heavy atom. The molecule has 0 amide bonds. The highest BCUT2D eigenvalue weighted by Crippen LogP contribution is 2.25. The molecule has 0 spiro atoms. The van der Waals surface area contributed by atoms with Crippen LogP contribution < -0.4 is 10.1 Å². The molecule has 2 nitrogen and oxygen atoms in total. The second kappa shape index (κ2) is 7.78. The van der Waals surface area contributed by atoms with Crippen LogP contribution in [0.4, 0.5) is 0 Å². The van der Waals surface area contributed by atoms with Crippen LogP contribution in [0.3, 0.4) is 0 Å². The third-order valence-corrected chi connectivity index (χ3v) is 3.30.